The third-order valence-corrected chi connectivity index (χ3v) is 3.97. The lowest BCUT2D eigenvalue weighted by molar-refractivity contribution is 0.0733. The summed E-state index contributed by atoms with van der Waals surface area (Å²) in [7, 11) is 0. The van der Waals surface area contributed by atoms with Gasteiger partial charge in [0.05, 0.1) is 0 Å². The summed E-state index contributed by atoms with van der Waals surface area (Å²) in [6.45, 7) is 11.3. The zero-order valence-corrected chi connectivity index (χ0v) is 11.2. The predicted molar refractivity (Wildman–Crippen MR) is 67.4 cm³/mol. The summed E-state index contributed by atoms with van der Waals surface area (Å²) in [5.74, 6) is 1.27. The Morgan fingerprint density at radius 1 is 1.38 bits per heavy atom. The molecule has 3 heteroatoms. The van der Waals surface area contributed by atoms with E-state index in [0.717, 1.165) is 13.1 Å². The smallest absolute Gasteiger partial charge is 0.102 e. The van der Waals surface area contributed by atoms with E-state index in [1.165, 1.54) is 6.42 Å². The summed E-state index contributed by atoms with van der Waals surface area (Å²) < 4.78 is 12.6. The van der Waals surface area contributed by atoms with Gasteiger partial charge in [0.25, 0.3) is 0 Å². The van der Waals surface area contributed by atoms with Gasteiger partial charge in [0.15, 0.2) is 0 Å². The lowest BCUT2D eigenvalue weighted by Crippen LogP contribution is -2.60. The fraction of sp³-hybridized carbons (Fsp3) is 1.00. The first-order valence-electron chi connectivity index (χ1n) is 6.63. The second-order valence-electron chi connectivity index (χ2n) is 5.40. The first-order valence-corrected chi connectivity index (χ1v) is 6.63. The van der Waals surface area contributed by atoms with Crippen LogP contribution in [0.3, 0.4) is 0 Å². The Balaban J connectivity index is 2.59. The minimum Gasteiger partial charge on any atom is -0.311 e. The Morgan fingerprint density at radius 3 is 2.56 bits per heavy atom. The zero-order valence-electron chi connectivity index (χ0n) is 11.2. The van der Waals surface area contributed by atoms with Crippen LogP contribution < -0.4 is 5.32 Å². The van der Waals surface area contributed by atoms with E-state index in [0.29, 0.717) is 30.5 Å². The molecule has 0 amide bonds. The molecule has 1 aliphatic heterocycles. The second kappa shape index (κ2) is 6.55. The number of rotatable bonds is 5. The Bertz CT molecular complexity index is 196. The molecule has 1 fully saturated rings. The molecular formula is C13H27FN2. The van der Waals surface area contributed by atoms with Gasteiger partial charge in [-0.05, 0) is 11.8 Å². The summed E-state index contributed by atoms with van der Waals surface area (Å²) in [6.07, 6.45) is 1.17. The van der Waals surface area contributed by atoms with E-state index < -0.39 is 0 Å². The number of hydrogen-bond donors (Lipinski definition) is 1. The van der Waals surface area contributed by atoms with Gasteiger partial charge in [0.1, 0.15) is 6.67 Å². The fourth-order valence-corrected chi connectivity index (χ4v) is 2.50. The lowest BCUT2D eigenvalue weighted by Gasteiger charge is -2.44. The minimum absolute atomic E-state index is 0.224. The van der Waals surface area contributed by atoms with Crippen LogP contribution >= 0.6 is 0 Å². The monoisotopic (exact) mass is 230 g/mol. The van der Waals surface area contributed by atoms with Gasteiger partial charge >= 0.3 is 0 Å². The summed E-state index contributed by atoms with van der Waals surface area (Å²) in [4.78, 5) is 2.34. The molecule has 0 aliphatic carbocycles. The van der Waals surface area contributed by atoms with E-state index in [9.17, 15) is 4.39 Å². The van der Waals surface area contributed by atoms with Crippen LogP contribution in [-0.4, -0.2) is 43.3 Å². The highest BCUT2D eigenvalue weighted by molar-refractivity contribution is 4.89. The number of hydrogen-bond acceptors (Lipinski definition) is 2. The molecule has 0 aromatic heterocycles. The van der Waals surface area contributed by atoms with Crippen molar-refractivity contribution in [1.29, 1.82) is 0 Å². The maximum absolute atomic E-state index is 12.6. The molecule has 1 saturated heterocycles. The van der Waals surface area contributed by atoms with Gasteiger partial charge in [-0.1, -0.05) is 34.1 Å². The van der Waals surface area contributed by atoms with E-state index in [1.54, 1.807) is 0 Å². The van der Waals surface area contributed by atoms with Crippen molar-refractivity contribution in [1.82, 2.24) is 10.2 Å². The van der Waals surface area contributed by atoms with Crippen LogP contribution in [0.25, 0.3) is 0 Å². The molecule has 3 unspecified atom stereocenters. The summed E-state index contributed by atoms with van der Waals surface area (Å²) in [5, 5.41) is 3.61. The van der Waals surface area contributed by atoms with E-state index in [4.69, 9.17) is 0 Å². The van der Waals surface area contributed by atoms with Gasteiger partial charge in [0, 0.05) is 31.7 Å². The molecule has 16 heavy (non-hydrogen) atoms. The van der Waals surface area contributed by atoms with Crippen molar-refractivity contribution in [3.05, 3.63) is 0 Å². The van der Waals surface area contributed by atoms with Crippen LogP contribution in [-0.2, 0) is 0 Å². The van der Waals surface area contributed by atoms with Crippen LogP contribution in [0.4, 0.5) is 4.39 Å². The molecule has 1 aliphatic rings. The van der Waals surface area contributed by atoms with Crippen molar-refractivity contribution < 1.29 is 4.39 Å². The molecule has 1 N–H and O–H groups in total. The van der Waals surface area contributed by atoms with Gasteiger partial charge in [-0.15, -0.1) is 0 Å². The Kier molecular flexibility index (Phi) is 5.70. The first kappa shape index (κ1) is 13.9. The largest absolute Gasteiger partial charge is 0.311 e. The third kappa shape index (κ3) is 3.42. The van der Waals surface area contributed by atoms with Gasteiger partial charge in [-0.3, -0.25) is 4.90 Å². The molecular weight excluding hydrogens is 203 g/mol. The number of nitrogens with one attached hydrogen (secondary N) is 1. The summed E-state index contributed by atoms with van der Waals surface area (Å²) in [5.41, 5.74) is 0. The highest BCUT2D eigenvalue weighted by Gasteiger charge is 2.31. The Labute approximate surface area is 99.6 Å². The van der Waals surface area contributed by atoms with Crippen LogP contribution in [0.1, 0.15) is 34.1 Å². The first-order chi connectivity index (χ1) is 7.60. The molecule has 1 rings (SSSR count). The zero-order chi connectivity index (χ0) is 12.1. The average Bonchev–Trinajstić information content (AvgIpc) is 2.28. The normalized spacial score (nSPS) is 29.6. The molecule has 0 bridgehead atoms. The van der Waals surface area contributed by atoms with E-state index >= 15 is 0 Å². The van der Waals surface area contributed by atoms with Crippen LogP contribution in [0.5, 0.6) is 0 Å². The Hall–Kier alpha value is -0.150. The molecule has 0 aromatic rings. The fourth-order valence-electron chi connectivity index (χ4n) is 2.50. The number of halogens is 1. The molecule has 0 aromatic carbocycles. The van der Waals surface area contributed by atoms with E-state index in [-0.39, 0.29) is 6.67 Å². The standard InChI is InChI=1S/C13H27FN2/c1-5-11(4)13-8-15-12(10(2)3)9-16(13)7-6-14/h10-13,15H,5-9H2,1-4H3. The summed E-state index contributed by atoms with van der Waals surface area (Å²) >= 11 is 0. The molecule has 0 radical (unpaired) electrons. The quantitative estimate of drug-likeness (QED) is 0.779. The molecule has 96 valence electrons. The molecule has 3 atom stereocenters. The molecule has 2 nitrogen and oxygen atoms in total. The number of nitrogens with zero attached hydrogens (tertiary/aromatic N) is 1. The maximum atomic E-state index is 12.6. The van der Waals surface area contributed by atoms with Crippen LogP contribution in [0.2, 0.25) is 0 Å². The lowest BCUT2D eigenvalue weighted by atomic mass is 9.92. The van der Waals surface area contributed by atoms with Crippen LogP contribution in [0, 0.1) is 11.8 Å². The second-order valence-corrected chi connectivity index (χ2v) is 5.40. The molecule has 1 heterocycles. The molecule has 0 spiro atoms. The molecule has 0 saturated carbocycles. The minimum atomic E-state index is -0.224. The Morgan fingerprint density at radius 2 is 2.06 bits per heavy atom. The van der Waals surface area contributed by atoms with Crippen molar-refractivity contribution in [3.8, 4) is 0 Å². The maximum Gasteiger partial charge on any atom is 0.102 e. The van der Waals surface area contributed by atoms with Gasteiger partial charge < -0.3 is 5.32 Å². The van der Waals surface area contributed by atoms with Crippen molar-refractivity contribution in [2.24, 2.45) is 11.8 Å². The summed E-state index contributed by atoms with van der Waals surface area (Å²) in [6, 6.07) is 1.03. The van der Waals surface area contributed by atoms with Crippen molar-refractivity contribution in [2.45, 2.75) is 46.2 Å². The number of alkyl halides is 1. The highest BCUT2D eigenvalue weighted by atomic mass is 19.1. The van der Waals surface area contributed by atoms with Crippen molar-refractivity contribution in [3.63, 3.8) is 0 Å². The van der Waals surface area contributed by atoms with Crippen molar-refractivity contribution in [2.75, 3.05) is 26.3 Å². The van der Waals surface area contributed by atoms with Crippen molar-refractivity contribution >= 4 is 0 Å². The van der Waals surface area contributed by atoms with E-state index in [2.05, 4.69) is 37.9 Å². The highest BCUT2D eigenvalue weighted by Crippen LogP contribution is 2.20. The van der Waals surface area contributed by atoms with Crippen LogP contribution in [0.15, 0.2) is 0 Å². The average molecular weight is 230 g/mol. The topological polar surface area (TPSA) is 15.3 Å². The van der Waals surface area contributed by atoms with Gasteiger partial charge in [0.2, 0.25) is 0 Å². The predicted octanol–water partition coefficient (Wildman–Crippen LogP) is 2.30. The van der Waals surface area contributed by atoms with E-state index in [1.807, 2.05) is 0 Å². The third-order valence-electron chi connectivity index (χ3n) is 3.97. The SMILES string of the molecule is CCC(C)C1CNC(C(C)C)CN1CCF. The van der Waals surface area contributed by atoms with Gasteiger partial charge in [-0.25, -0.2) is 4.39 Å². The number of piperazine rings is 1. The van der Waals surface area contributed by atoms with Gasteiger partial charge in [-0.2, -0.15) is 0 Å².